The summed E-state index contributed by atoms with van der Waals surface area (Å²) >= 11 is 0. The summed E-state index contributed by atoms with van der Waals surface area (Å²) in [7, 11) is 0. The van der Waals surface area contributed by atoms with Crippen molar-refractivity contribution in [3.8, 4) is 0 Å². The topological polar surface area (TPSA) is 42.4 Å². The number of piperidine rings is 1. The van der Waals surface area contributed by atoms with E-state index in [1.165, 1.54) is 0 Å². The summed E-state index contributed by atoms with van der Waals surface area (Å²) in [6, 6.07) is 3.54. The highest BCUT2D eigenvalue weighted by atomic mass is 16.5. The van der Waals surface area contributed by atoms with E-state index in [4.69, 9.17) is 4.74 Å². The van der Waals surface area contributed by atoms with Crippen molar-refractivity contribution in [2.75, 3.05) is 13.1 Å². The van der Waals surface area contributed by atoms with E-state index in [2.05, 4.69) is 11.9 Å². The van der Waals surface area contributed by atoms with Gasteiger partial charge in [0.15, 0.2) is 0 Å². The van der Waals surface area contributed by atoms with Gasteiger partial charge in [0.25, 0.3) is 5.91 Å². The number of carbonyl (C=O) groups is 1. The zero-order valence-electron chi connectivity index (χ0n) is 10.6. The summed E-state index contributed by atoms with van der Waals surface area (Å²) in [6.07, 6.45) is 6.10. The van der Waals surface area contributed by atoms with Gasteiger partial charge in [-0.05, 0) is 37.8 Å². The Morgan fingerprint density at radius 2 is 2.22 bits per heavy atom. The molecule has 2 aliphatic heterocycles. The van der Waals surface area contributed by atoms with Gasteiger partial charge in [0.2, 0.25) is 0 Å². The highest BCUT2D eigenvalue weighted by Crippen LogP contribution is 2.33. The maximum absolute atomic E-state index is 12.3. The van der Waals surface area contributed by atoms with Crippen LogP contribution in [0.4, 0.5) is 0 Å². The van der Waals surface area contributed by atoms with Crippen molar-refractivity contribution in [1.82, 2.24) is 9.88 Å². The monoisotopic (exact) mass is 246 g/mol. The smallest absolute Gasteiger partial charge is 0.254 e. The Balaban J connectivity index is 1.70. The predicted octanol–water partition coefficient (Wildman–Crippen LogP) is 1.72. The van der Waals surface area contributed by atoms with Crippen LogP contribution in [0.25, 0.3) is 0 Å². The Kier molecular flexibility index (Phi) is 3.04. The van der Waals surface area contributed by atoms with Gasteiger partial charge in [-0.3, -0.25) is 9.78 Å². The van der Waals surface area contributed by atoms with Crippen LogP contribution in [0.1, 0.15) is 30.1 Å². The Morgan fingerprint density at radius 1 is 1.44 bits per heavy atom. The van der Waals surface area contributed by atoms with Gasteiger partial charge in [-0.1, -0.05) is 0 Å². The van der Waals surface area contributed by atoms with Crippen LogP contribution in [0.5, 0.6) is 0 Å². The minimum absolute atomic E-state index is 0.0963. The highest BCUT2D eigenvalue weighted by molar-refractivity contribution is 5.94. The number of rotatable bonds is 1. The lowest BCUT2D eigenvalue weighted by molar-refractivity contribution is 0.00156. The predicted molar refractivity (Wildman–Crippen MR) is 67.2 cm³/mol. The molecule has 0 aliphatic carbocycles. The van der Waals surface area contributed by atoms with Crippen molar-refractivity contribution in [1.29, 1.82) is 0 Å². The minimum atomic E-state index is 0.0963. The summed E-state index contributed by atoms with van der Waals surface area (Å²) in [4.78, 5) is 18.2. The first kappa shape index (κ1) is 11.7. The van der Waals surface area contributed by atoms with Gasteiger partial charge < -0.3 is 9.64 Å². The molecule has 0 unspecified atom stereocenters. The SMILES string of the molecule is C[C@@H]1C[C@H]2CCN(C(=O)c3ccncc3)C[C@@H]2O1. The lowest BCUT2D eigenvalue weighted by Crippen LogP contribution is -2.45. The van der Waals surface area contributed by atoms with Crippen LogP contribution in [0, 0.1) is 5.92 Å². The molecule has 4 nitrogen and oxygen atoms in total. The molecule has 0 saturated carbocycles. The first-order valence-corrected chi connectivity index (χ1v) is 6.59. The fraction of sp³-hybridized carbons (Fsp3) is 0.571. The van der Waals surface area contributed by atoms with E-state index in [1.807, 2.05) is 4.90 Å². The summed E-state index contributed by atoms with van der Waals surface area (Å²) < 4.78 is 5.88. The number of pyridine rings is 1. The maximum atomic E-state index is 12.3. The zero-order valence-corrected chi connectivity index (χ0v) is 10.6. The molecule has 2 saturated heterocycles. The van der Waals surface area contributed by atoms with Gasteiger partial charge >= 0.3 is 0 Å². The molecular formula is C14H18N2O2. The molecule has 0 bridgehead atoms. The quantitative estimate of drug-likeness (QED) is 0.757. The molecule has 2 fully saturated rings. The molecule has 1 amide bonds. The molecule has 1 aromatic heterocycles. The molecule has 2 aliphatic rings. The van der Waals surface area contributed by atoms with Crippen LogP contribution < -0.4 is 0 Å². The van der Waals surface area contributed by atoms with Crippen LogP contribution in [-0.4, -0.2) is 41.1 Å². The van der Waals surface area contributed by atoms with Crippen molar-refractivity contribution < 1.29 is 9.53 Å². The van der Waals surface area contributed by atoms with Gasteiger partial charge in [0.1, 0.15) is 0 Å². The van der Waals surface area contributed by atoms with E-state index in [0.29, 0.717) is 12.0 Å². The van der Waals surface area contributed by atoms with Crippen molar-refractivity contribution >= 4 is 5.91 Å². The fourth-order valence-electron chi connectivity index (χ4n) is 3.03. The van der Waals surface area contributed by atoms with Crippen molar-refractivity contribution in [3.05, 3.63) is 30.1 Å². The average Bonchev–Trinajstić information content (AvgIpc) is 2.78. The summed E-state index contributed by atoms with van der Waals surface area (Å²) in [5.41, 5.74) is 0.717. The molecule has 3 rings (SSSR count). The third-order valence-corrected chi connectivity index (χ3v) is 3.95. The van der Waals surface area contributed by atoms with E-state index in [1.54, 1.807) is 24.5 Å². The van der Waals surface area contributed by atoms with Crippen LogP contribution in [0.15, 0.2) is 24.5 Å². The molecule has 0 radical (unpaired) electrons. The van der Waals surface area contributed by atoms with Crippen LogP contribution in [-0.2, 0) is 4.74 Å². The van der Waals surface area contributed by atoms with Crippen LogP contribution >= 0.6 is 0 Å². The lowest BCUT2D eigenvalue weighted by Gasteiger charge is -2.34. The minimum Gasteiger partial charge on any atom is -0.373 e. The van der Waals surface area contributed by atoms with E-state index < -0.39 is 0 Å². The number of likely N-dealkylation sites (tertiary alicyclic amines) is 1. The van der Waals surface area contributed by atoms with Gasteiger partial charge in [-0.25, -0.2) is 0 Å². The largest absolute Gasteiger partial charge is 0.373 e. The van der Waals surface area contributed by atoms with E-state index in [9.17, 15) is 4.79 Å². The standard InChI is InChI=1S/C14H18N2O2/c1-10-8-12-4-7-16(9-13(12)18-10)14(17)11-2-5-15-6-3-11/h2-3,5-6,10,12-13H,4,7-9H2,1H3/t10-,12-,13+/m1/s1. The first-order chi connectivity index (χ1) is 8.74. The Hall–Kier alpha value is -1.42. The Morgan fingerprint density at radius 3 is 3.00 bits per heavy atom. The second-order valence-electron chi connectivity index (χ2n) is 5.26. The molecule has 0 spiro atoms. The summed E-state index contributed by atoms with van der Waals surface area (Å²) in [5, 5.41) is 0. The van der Waals surface area contributed by atoms with E-state index >= 15 is 0 Å². The molecule has 0 N–H and O–H groups in total. The number of carbonyl (C=O) groups excluding carboxylic acids is 1. The molecular weight excluding hydrogens is 228 g/mol. The summed E-state index contributed by atoms with van der Waals surface area (Å²) in [6.45, 7) is 3.70. The number of ether oxygens (including phenoxy) is 1. The second-order valence-corrected chi connectivity index (χ2v) is 5.26. The lowest BCUT2D eigenvalue weighted by atomic mass is 9.92. The van der Waals surface area contributed by atoms with E-state index in [0.717, 1.165) is 31.5 Å². The third kappa shape index (κ3) is 2.12. The van der Waals surface area contributed by atoms with E-state index in [-0.39, 0.29) is 12.0 Å². The highest BCUT2D eigenvalue weighted by Gasteiger charge is 2.38. The number of aromatic nitrogens is 1. The van der Waals surface area contributed by atoms with Crippen molar-refractivity contribution in [2.24, 2.45) is 5.92 Å². The molecule has 4 heteroatoms. The maximum Gasteiger partial charge on any atom is 0.254 e. The van der Waals surface area contributed by atoms with Crippen LogP contribution in [0.2, 0.25) is 0 Å². The third-order valence-electron chi connectivity index (χ3n) is 3.95. The van der Waals surface area contributed by atoms with Gasteiger partial charge in [0.05, 0.1) is 12.2 Å². The molecule has 3 atom stereocenters. The van der Waals surface area contributed by atoms with Gasteiger partial charge in [-0.2, -0.15) is 0 Å². The number of hydrogen-bond donors (Lipinski definition) is 0. The summed E-state index contributed by atoms with van der Waals surface area (Å²) in [5.74, 6) is 0.737. The van der Waals surface area contributed by atoms with Crippen LogP contribution in [0.3, 0.4) is 0 Å². The zero-order chi connectivity index (χ0) is 12.5. The van der Waals surface area contributed by atoms with Crippen molar-refractivity contribution in [2.45, 2.75) is 32.0 Å². The molecule has 0 aromatic carbocycles. The number of amides is 1. The molecule has 1 aromatic rings. The molecule has 18 heavy (non-hydrogen) atoms. The van der Waals surface area contributed by atoms with Gasteiger partial charge in [0, 0.05) is 31.0 Å². The second kappa shape index (κ2) is 4.69. The number of fused-ring (bicyclic) bond motifs is 1. The molecule has 96 valence electrons. The number of hydrogen-bond acceptors (Lipinski definition) is 3. The number of nitrogens with zero attached hydrogens (tertiary/aromatic N) is 2. The van der Waals surface area contributed by atoms with Crippen molar-refractivity contribution in [3.63, 3.8) is 0 Å². The Labute approximate surface area is 107 Å². The first-order valence-electron chi connectivity index (χ1n) is 6.59. The fourth-order valence-corrected chi connectivity index (χ4v) is 3.03. The normalized spacial score (nSPS) is 31.2. The molecule has 3 heterocycles. The Bertz CT molecular complexity index is 435. The van der Waals surface area contributed by atoms with Gasteiger partial charge in [-0.15, -0.1) is 0 Å². The average molecular weight is 246 g/mol.